The lowest BCUT2D eigenvalue weighted by Crippen LogP contribution is -2.22. The zero-order valence-electron chi connectivity index (χ0n) is 19.6. The van der Waals surface area contributed by atoms with Gasteiger partial charge in [0.15, 0.2) is 0 Å². The van der Waals surface area contributed by atoms with E-state index in [-0.39, 0.29) is 23.3 Å². The number of nitrogens with one attached hydrogen (secondary N) is 3. The quantitative estimate of drug-likeness (QED) is 0.235. The lowest BCUT2D eigenvalue weighted by Gasteiger charge is -2.14. The molecule has 6 nitrogen and oxygen atoms in total. The van der Waals surface area contributed by atoms with Gasteiger partial charge in [0.25, 0.3) is 5.91 Å². The van der Waals surface area contributed by atoms with Crippen molar-refractivity contribution in [3.63, 3.8) is 0 Å². The number of aromatic amines is 1. The van der Waals surface area contributed by atoms with Gasteiger partial charge in [-0.05, 0) is 67.4 Å². The summed E-state index contributed by atoms with van der Waals surface area (Å²) in [5.41, 5.74) is 4.13. The van der Waals surface area contributed by atoms with Gasteiger partial charge in [0.2, 0.25) is 5.91 Å². The standard InChI is InChI=1S/C28H26Cl2N4O2/c29-21-8-5-9-22(30)25(21)28(36)31-19-12-10-17(11-13-19)26-33-23-15-14-20(16-24(23)34-26)32-27(35)18-6-3-1-2-4-7-18/h5,8-16,18H,1-4,6-7H2,(H,31,36)(H,32,35)(H,33,34). The van der Waals surface area contributed by atoms with Crippen LogP contribution in [0.2, 0.25) is 10.0 Å². The highest BCUT2D eigenvalue weighted by molar-refractivity contribution is 6.40. The van der Waals surface area contributed by atoms with Gasteiger partial charge in [-0.1, -0.05) is 55.0 Å². The zero-order chi connectivity index (χ0) is 25.1. The smallest absolute Gasteiger partial charge is 0.258 e. The molecular formula is C28H26Cl2N4O2. The Morgan fingerprint density at radius 1 is 0.833 bits per heavy atom. The average molecular weight is 521 g/mol. The normalized spacial score (nSPS) is 14.4. The second kappa shape index (κ2) is 10.7. The highest BCUT2D eigenvalue weighted by Crippen LogP contribution is 2.28. The van der Waals surface area contributed by atoms with Crippen LogP contribution >= 0.6 is 23.2 Å². The van der Waals surface area contributed by atoms with E-state index < -0.39 is 0 Å². The van der Waals surface area contributed by atoms with Crippen LogP contribution in [0.15, 0.2) is 60.7 Å². The molecule has 1 aliphatic carbocycles. The highest BCUT2D eigenvalue weighted by Gasteiger charge is 2.20. The number of amides is 2. The van der Waals surface area contributed by atoms with Gasteiger partial charge in [-0.15, -0.1) is 0 Å². The number of imidazole rings is 1. The number of carbonyl (C=O) groups is 2. The molecular weight excluding hydrogens is 495 g/mol. The van der Waals surface area contributed by atoms with E-state index in [4.69, 9.17) is 23.2 Å². The largest absolute Gasteiger partial charge is 0.338 e. The molecule has 36 heavy (non-hydrogen) atoms. The first-order chi connectivity index (χ1) is 17.5. The molecule has 8 heteroatoms. The molecule has 0 unspecified atom stereocenters. The third-order valence-electron chi connectivity index (χ3n) is 6.58. The average Bonchev–Trinajstić information content (AvgIpc) is 3.09. The number of H-pyrrole nitrogens is 1. The molecule has 0 aliphatic heterocycles. The Morgan fingerprint density at radius 2 is 1.50 bits per heavy atom. The summed E-state index contributed by atoms with van der Waals surface area (Å²) in [4.78, 5) is 33.4. The van der Waals surface area contributed by atoms with Gasteiger partial charge in [-0.25, -0.2) is 4.98 Å². The molecule has 0 spiro atoms. The van der Waals surface area contributed by atoms with E-state index in [9.17, 15) is 9.59 Å². The van der Waals surface area contributed by atoms with Crippen molar-refractivity contribution in [1.29, 1.82) is 0 Å². The molecule has 1 aromatic heterocycles. The highest BCUT2D eigenvalue weighted by atomic mass is 35.5. The van der Waals surface area contributed by atoms with E-state index in [1.54, 1.807) is 30.3 Å². The summed E-state index contributed by atoms with van der Waals surface area (Å²) in [7, 11) is 0. The van der Waals surface area contributed by atoms with E-state index in [2.05, 4.69) is 20.6 Å². The van der Waals surface area contributed by atoms with Crippen molar-refractivity contribution in [3.05, 3.63) is 76.3 Å². The van der Waals surface area contributed by atoms with Crippen LogP contribution in [-0.4, -0.2) is 21.8 Å². The summed E-state index contributed by atoms with van der Waals surface area (Å²) in [6, 6.07) is 18.0. The summed E-state index contributed by atoms with van der Waals surface area (Å²) in [6.07, 6.45) is 6.61. The first-order valence-electron chi connectivity index (χ1n) is 12.1. The van der Waals surface area contributed by atoms with Gasteiger partial charge in [-0.2, -0.15) is 0 Å². The third-order valence-corrected chi connectivity index (χ3v) is 7.21. The third kappa shape index (κ3) is 5.40. The lowest BCUT2D eigenvalue weighted by molar-refractivity contribution is -0.120. The van der Waals surface area contributed by atoms with Crippen molar-refractivity contribution in [1.82, 2.24) is 9.97 Å². The molecule has 0 bridgehead atoms. The van der Waals surface area contributed by atoms with Crippen LogP contribution in [0.4, 0.5) is 11.4 Å². The van der Waals surface area contributed by atoms with Gasteiger partial charge in [0, 0.05) is 22.9 Å². The number of nitrogens with zero attached hydrogens (tertiary/aromatic N) is 1. The monoisotopic (exact) mass is 520 g/mol. The minimum atomic E-state index is -0.375. The number of hydrogen-bond acceptors (Lipinski definition) is 3. The molecule has 5 rings (SSSR count). The molecule has 184 valence electrons. The van der Waals surface area contributed by atoms with Gasteiger partial charge in [0.1, 0.15) is 5.82 Å². The number of fused-ring (bicyclic) bond motifs is 1. The van der Waals surface area contributed by atoms with Crippen molar-refractivity contribution in [2.24, 2.45) is 5.92 Å². The van der Waals surface area contributed by atoms with Crippen molar-refractivity contribution in [2.75, 3.05) is 10.6 Å². The molecule has 1 fully saturated rings. The maximum atomic E-state index is 12.7. The maximum absolute atomic E-state index is 12.7. The molecule has 3 aromatic carbocycles. The SMILES string of the molecule is O=C(Nc1ccc(-c2nc3ccc(NC(=O)C4CCCCCC4)cc3[nH]2)cc1)c1c(Cl)cccc1Cl. The molecule has 0 atom stereocenters. The van der Waals surface area contributed by atoms with Crippen molar-refractivity contribution in [3.8, 4) is 11.4 Å². The topological polar surface area (TPSA) is 86.9 Å². The van der Waals surface area contributed by atoms with Crippen LogP contribution in [-0.2, 0) is 4.79 Å². The molecule has 2 amide bonds. The van der Waals surface area contributed by atoms with Gasteiger partial charge in [0.05, 0.1) is 26.6 Å². The summed E-state index contributed by atoms with van der Waals surface area (Å²) in [5.74, 6) is 0.518. The van der Waals surface area contributed by atoms with Crippen LogP contribution in [0.25, 0.3) is 22.4 Å². The number of carbonyl (C=O) groups excluding carboxylic acids is 2. The Bertz CT molecular complexity index is 1390. The van der Waals surface area contributed by atoms with E-state index >= 15 is 0 Å². The molecule has 0 saturated heterocycles. The molecule has 3 N–H and O–H groups in total. The second-order valence-corrected chi connectivity index (χ2v) is 9.94. The van der Waals surface area contributed by atoms with Crippen LogP contribution in [0.3, 0.4) is 0 Å². The lowest BCUT2D eigenvalue weighted by atomic mass is 9.99. The van der Waals surface area contributed by atoms with E-state index in [0.29, 0.717) is 21.6 Å². The molecule has 1 aliphatic rings. The van der Waals surface area contributed by atoms with Gasteiger partial charge in [-0.3, -0.25) is 9.59 Å². The fraction of sp³-hybridized carbons (Fsp3) is 0.250. The maximum Gasteiger partial charge on any atom is 0.258 e. The summed E-state index contributed by atoms with van der Waals surface area (Å²) >= 11 is 12.3. The fourth-order valence-corrected chi connectivity index (χ4v) is 5.20. The minimum absolute atomic E-state index is 0.0912. The molecule has 1 saturated carbocycles. The first kappa shape index (κ1) is 24.3. The number of anilines is 2. The Labute approximate surface area is 219 Å². The van der Waals surface area contributed by atoms with Crippen molar-refractivity contribution >= 4 is 57.4 Å². The first-order valence-corrected chi connectivity index (χ1v) is 12.9. The zero-order valence-corrected chi connectivity index (χ0v) is 21.1. The molecule has 4 aromatic rings. The van der Waals surface area contributed by atoms with Crippen LogP contribution in [0.5, 0.6) is 0 Å². The van der Waals surface area contributed by atoms with Crippen LogP contribution < -0.4 is 10.6 Å². The number of rotatable bonds is 5. The summed E-state index contributed by atoms with van der Waals surface area (Å²) < 4.78 is 0. The number of hydrogen-bond donors (Lipinski definition) is 3. The van der Waals surface area contributed by atoms with E-state index in [0.717, 1.165) is 48.0 Å². The number of halogens is 2. The van der Waals surface area contributed by atoms with Crippen molar-refractivity contribution in [2.45, 2.75) is 38.5 Å². The number of aromatic nitrogens is 2. The summed E-state index contributed by atoms with van der Waals surface area (Å²) in [6.45, 7) is 0. The van der Waals surface area contributed by atoms with E-state index in [1.165, 1.54) is 12.8 Å². The van der Waals surface area contributed by atoms with Crippen molar-refractivity contribution < 1.29 is 9.59 Å². The Morgan fingerprint density at radius 3 is 2.19 bits per heavy atom. The van der Waals surface area contributed by atoms with Gasteiger partial charge >= 0.3 is 0 Å². The number of benzene rings is 3. The predicted molar refractivity (Wildman–Crippen MR) is 146 cm³/mol. The van der Waals surface area contributed by atoms with Crippen LogP contribution in [0.1, 0.15) is 48.9 Å². The fourth-order valence-electron chi connectivity index (χ4n) is 4.63. The van der Waals surface area contributed by atoms with Gasteiger partial charge < -0.3 is 15.6 Å². The van der Waals surface area contributed by atoms with E-state index in [1.807, 2.05) is 30.3 Å². The molecule has 1 heterocycles. The Balaban J connectivity index is 1.28. The Hall–Kier alpha value is -3.35. The van der Waals surface area contributed by atoms with Crippen LogP contribution in [0, 0.1) is 5.92 Å². The summed E-state index contributed by atoms with van der Waals surface area (Å²) in [5, 5.41) is 6.50. The second-order valence-electron chi connectivity index (χ2n) is 9.12. The Kier molecular flexibility index (Phi) is 7.25. The predicted octanol–water partition coefficient (Wildman–Crippen LogP) is 7.70. The molecule has 0 radical (unpaired) electrons. The minimum Gasteiger partial charge on any atom is -0.338 e.